The number of nitrogens with one attached hydrogen (secondary N) is 1. The molecule has 1 atom stereocenters. The van der Waals surface area contributed by atoms with E-state index in [0.717, 1.165) is 10.0 Å². The van der Waals surface area contributed by atoms with Crippen LogP contribution in [0.2, 0.25) is 10.0 Å². The minimum atomic E-state index is 0.243. The molecule has 0 saturated heterocycles. The molecule has 4 heteroatoms. The third-order valence-electron chi connectivity index (χ3n) is 2.98. The summed E-state index contributed by atoms with van der Waals surface area (Å²) < 4.78 is 1.08. The van der Waals surface area contributed by atoms with Crippen molar-refractivity contribution in [3.63, 3.8) is 0 Å². The minimum absolute atomic E-state index is 0.243. The van der Waals surface area contributed by atoms with Gasteiger partial charge in [0.05, 0.1) is 10.0 Å². The first-order chi connectivity index (χ1) is 9.08. The van der Waals surface area contributed by atoms with E-state index in [4.69, 9.17) is 23.2 Å². The summed E-state index contributed by atoms with van der Waals surface area (Å²) in [6, 6.07) is 14.2. The van der Waals surface area contributed by atoms with E-state index in [1.165, 1.54) is 5.56 Å². The third-order valence-corrected chi connectivity index (χ3v) is 4.33. The van der Waals surface area contributed by atoms with Crippen molar-refractivity contribution in [3.05, 3.63) is 68.1 Å². The summed E-state index contributed by atoms with van der Waals surface area (Å²) in [4.78, 5) is 0. The van der Waals surface area contributed by atoms with Crippen LogP contribution in [-0.2, 0) is 6.54 Å². The normalized spacial score (nSPS) is 12.4. The molecule has 0 aromatic heterocycles. The van der Waals surface area contributed by atoms with Gasteiger partial charge in [-0.3, -0.25) is 0 Å². The predicted molar refractivity (Wildman–Crippen MR) is 85.9 cm³/mol. The molecule has 2 aromatic carbocycles. The molecule has 0 saturated carbocycles. The number of rotatable bonds is 4. The SMILES string of the molecule is CC(NCc1cccc(Cl)c1Cl)c1cccc(Br)c1. The molecule has 19 heavy (non-hydrogen) atoms. The summed E-state index contributed by atoms with van der Waals surface area (Å²) in [6.45, 7) is 2.81. The van der Waals surface area contributed by atoms with Crippen LogP contribution in [0.1, 0.15) is 24.1 Å². The van der Waals surface area contributed by atoms with Crippen LogP contribution < -0.4 is 5.32 Å². The second-order valence-electron chi connectivity index (χ2n) is 4.37. The molecule has 1 nitrogen and oxygen atoms in total. The Labute approximate surface area is 132 Å². The summed E-state index contributed by atoms with van der Waals surface area (Å²) in [5.74, 6) is 0. The van der Waals surface area contributed by atoms with Gasteiger partial charge >= 0.3 is 0 Å². The van der Waals surface area contributed by atoms with Crippen molar-refractivity contribution in [2.45, 2.75) is 19.5 Å². The molecule has 1 N–H and O–H groups in total. The van der Waals surface area contributed by atoms with E-state index in [2.05, 4.69) is 40.3 Å². The molecule has 0 bridgehead atoms. The summed E-state index contributed by atoms with van der Waals surface area (Å²) in [5.41, 5.74) is 2.24. The Morgan fingerprint density at radius 3 is 2.63 bits per heavy atom. The summed E-state index contributed by atoms with van der Waals surface area (Å²) in [5, 5.41) is 4.66. The Bertz CT molecular complexity index is 572. The Hall–Kier alpha value is -0.540. The lowest BCUT2D eigenvalue weighted by atomic mass is 10.1. The maximum absolute atomic E-state index is 6.17. The fourth-order valence-electron chi connectivity index (χ4n) is 1.84. The highest BCUT2D eigenvalue weighted by Crippen LogP contribution is 2.26. The van der Waals surface area contributed by atoms with Gasteiger partial charge in [0, 0.05) is 17.1 Å². The molecule has 0 aliphatic heterocycles. The average Bonchev–Trinajstić information content (AvgIpc) is 2.40. The van der Waals surface area contributed by atoms with E-state index in [1.54, 1.807) is 6.07 Å². The first-order valence-corrected chi connectivity index (χ1v) is 7.54. The third kappa shape index (κ3) is 3.96. The summed E-state index contributed by atoms with van der Waals surface area (Å²) >= 11 is 15.7. The number of hydrogen-bond donors (Lipinski definition) is 1. The lowest BCUT2D eigenvalue weighted by Crippen LogP contribution is -2.18. The van der Waals surface area contributed by atoms with E-state index >= 15 is 0 Å². The van der Waals surface area contributed by atoms with E-state index < -0.39 is 0 Å². The quantitative estimate of drug-likeness (QED) is 0.749. The molecule has 1 unspecified atom stereocenters. The molecule has 0 spiro atoms. The van der Waals surface area contributed by atoms with Crippen LogP contribution >= 0.6 is 39.1 Å². The largest absolute Gasteiger partial charge is 0.306 e. The van der Waals surface area contributed by atoms with Crippen molar-refractivity contribution in [1.82, 2.24) is 5.32 Å². The maximum Gasteiger partial charge on any atom is 0.0637 e. The first-order valence-electron chi connectivity index (χ1n) is 5.99. The van der Waals surface area contributed by atoms with Crippen LogP contribution in [0, 0.1) is 0 Å². The Kier molecular flexibility index (Phi) is 5.28. The Morgan fingerprint density at radius 1 is 1.16 bits per heavy atom. The fourth-order valence-corrected chi connectivity index (χ4v) is 2.65. The smallest absolute Gasteiger partial charge is 0.0637 e. The van der Waals surface area contributed by atoms with Gasteiger partial charge in [0.2, 0.25) is 0 Å². The summed E-state index contributed by atoms with van der Waals surface area (Å²) in [6.07, 6.45) is 0. The van der Waals surface area contributed by atoms with Gasteiger partial charge in [-0.05, 0) is 36.2 Å². The van der Waals surface area contributed by atoms with E-state index in [1.807, 2.05) is 24.3 Å². The molecule has 2 rings (SSSR count). The van der Waals surface area contributed by atoms with Gasteiger partial charge in [0.25, 0.3) is 0 Å². The van der Waals surface area contributed by atoms with Crippen molar-refractivity contribution in [2.75, 3.05) is 0 Å². The standard InChI is InChI=1S/C15H14BrCl2N/c1-10(11-4-2-6-13(16)8-11)19-9-12-5-3-7-14(17)15(12)18/h2-8,10,19H,9H2,1H3. The molecule has 2 aromatic rings. The molecule has 0 radical (unpaired) electrons. The minimum Gasteiger partial charge on any atom is -0.306 e. The second kappa shape index (κ2) is 6.76. The highest BCUT2D eigenvalue weighted by Gasteiger charge is 2.08. The van der Waals surface area contributed by atoms with Crippen LogP contribution in [0.15, 0.2) is 46.9 Å². The van der Waals surface area contributed by atoms with Crippen LogP contribution in [0.5, 0.6) is 0 Å². The lowest BCUT2D eigenvalue weighted by molar-refractivity contribution is 0.574. The molecular formula is C15H14BrCl2N. The molecule has 0 fully saturated rings. The van der Waals surface area contributed by atoms with Crippen LogP contribution in [0.4, 0.5) is 0 Å². The van der Waals surface area contributed by atoms with Gasteiger partial charge in [-0.1, -0.05) is 63.4 Å². The molecule has 100 valence electrons. The molecule has 0 aliphatic carbocycles. The summed E-state index contributed by atoms with van der Waals surface area (Å²) in [7, 11) is 0. The van der Waals surface area contributed by atoms with E-state index in [0.29, 0.717) is 16.6 Å². The van der Waals surface area contributed by atoms with Gasteiger partial charge in [-0.25, -0.2) is 0 Å². The van der Waals surface area contributed by atoms with Crippen molar-refractivity contribution in [2.24, 2.45) is 0 Å². The van der Waals surface area contributed by atoms with Crippen molar-refractivity contribution in [3.8, 4) is 0 Å². The monoisotopic (exact) mass is 357 g/mol. The predicted octanol–water partition coefficient (Wildman–Crippen LogP) is 5.61. The Balaban J connectivity index is 2.04. The zero-order valence-corrected chi connectivity index (χ0v) is 13.6. The second-order valence-corrected chi connectivity index (χ2v) is 6.07. The zero-order chi connectivity index (χ0) is 13.8. The Morgan fingerprint density at radius 2 is 1.89 bits per heavy atom. The van der Waals surface area contributed by atoms with Gasteiger partial charge in [-0.2, -0.15) is 0 Å². The van der Waals surface area contributed by atoms with Gasteiger partial charge in [0.15, 0.2) is 0 Å². The fraction of sp³-hybridized carbons (Fsp3) is 0.200. The van der Waals surface area contributed by atoms with Gasteiger partial charge < -0.3 is 5.32 Å². The first kappa shape index (κ1) is 14.9. The highest BCUT2D eigenvalue weighted by atomic mass is 79.9. The van der Waals surface area contributed by atoms with Crippen molar-refractivity contribution < 1.29 is 0 Å². The van der Waals surface area contributed by atoms with E-state index in [-0.39, 0.29) is 6.04 Å². The zero-order valence-electron chi connectivity index (χ0n) is 10.5. The molecule has 0 heterocycles. The molecule has 0 aliphatic rings. The van der Waals surface area contributed by atoms with E-state index in [9.17, 15) is 0 Å². The molecular weight excluding hydrogens is 345 g/mol. The lowest BCUT2D eigenvalue weighted by Gasteiger charge is -2.15. The van der Waals surface area contributed by atoms with Gasteiger partial charge in [0.1, 0.15) is 0 Å². The van der Waals surface area contributed by atoms with Crippen LogP contribution in [-0.4, -0.2) is 0 Å². The number of hydrogen-bond acceptors (Lipinski definition) is 1. The number of halogens is 3. The van der Waals surface area contributed by atoms with Gasteiger partial charge in [-0.15, -0.1) is 0 Å². The van der Waals surface area contributed by atoms with Crippen LogP contribution in [0.3, 0.4) is 0 Å². The van der Waals surface area contributed by atoms with Crippen LogP contribution in [0.25, 0.3) is 0 Å². The number of benzene rings is 2. The highest BCUT2D eigenvalue weighted by molar-refractivity contribution is 9.10. The molecule has 0 amide bonds. The topological polar surface area (TPSA) is 12.0 Å². The van der Waals surface area contributed by atoms with Crippen molar-refractivity contribution >= 4 is 39.1 Å². The van der Waals surface area contributed by atoms with Crippen molar-refractivity contribution in [1.29, 1.82) is 0 Å². The maximum atomic E-state index is 6.17. The average molecular weight is 359 g/mol.